The Kier molecular flexibility index (Phi) is 3.69. The van der Waals surface area contributed by atoms with Gasteiger partial charge in [0.1, 0.15) is 0 Å². The van der Waals surface area contributed by atoms with E-state index in [1.807, 2.05) is 60.7 Å². The number of fused-ring (bicyclic) bond motifs is 1. The Morgan fingerprint density at radius 3 is 2.46 bits per heavy atom. The second-order valence-electron chi connectivity index (χ2n) is 5.95. The minimum atomic E-state index is -1.19. The van der Waals surface area contributed by atoms with Crippen LogP contribution >= 0.6 is 0 Å². The highest BCUT2D eigenvalue weighted by atomic mass is 19.1. The van der Waals surface area contributed by atoms with Crippen LogP contribution in [0.25, 0.3) is 0 Å². The van der Waals surface area contributed by atoms with Gasteiger partial charge in [0.15, 0.2) is 12.0 Å². The molecule has 0 N–H and O–H groups in total. The average molecular weight is 321 g/mol. The van der Waals surface area contributed by atoms with E-state index in [1.165, 1.54) is 0 Å². The number of ketones is 1. The minimum Gasteiger partial charge on any atom is -0.290 e. The van der Waals surface area contributed by atoms with Crippen LogP contribution in [0.2, 0.25) is 0 Å². The molecule has 0 saturated heterocycles. The van der Waals surface area contributed by atoms with E-state index in [0.717, 1.165) is 11.1 Å². The van der Waals surface area contributed by atoms with E-state index in [4.69, 9.17) is 0 Å². The summed E-state index contributed by atoms with van der Waals surface area (Å²) in [5, 5.41) is 4.31. The number of alkyl halides is 1. The molecule has 2 unspecified atom stereocenters. The molecule has 2 aromatic carbocycles. The summed E-state index contributed by atoms with van der Waals surface area (Å²) in [6.07, 6.45) is -0.662. The Labute approximate surface area is 139 Å². The first-order chi connectivity index (χ1) is 11.7. The van der Waals surface area contributed by atoms with Crippen LogP contribution in [0, 0.1) is 0 Å². The molecule has 5 heteroatoms. The Morgan fingerprint density at radius 1 is 1.08 bits per heavy atom. The van der Waals surface area contributed by atoms with Gasteiger partial charge in [0.05, 0.1) is 6.04 Å². The van der Waals surface area contributed by atoms with Crippen molar-refractivity contribution in [1.82, 2.24) is 14.8 Å². The van der Waals surface area contributed by atoms with Crippen molar-refractivity contribution in [2.45, 2.75) is 25.1 Å². The normalized spacial score (nSPS) is 19.2. The molecule has 0 fully saturated rings. The molecule has 0 aliphatic carbocycles. The smallest absolute Gasteiger partial charge is 0.218 e. The standard InChI is InChI=1S/C19H16FN3O/c20-15-12-16(14-9-5-2-6-10-14)23-19(15)21-18(22-23)17(24)11-13-7-3-1-4-8-13/h1-10,15-16H,11-12H2. The Balaban J connectivity index is 1.62. The molecular weight excluding hydrogens is 305 g/mol. The molecule has 2 heterocycles. The molecule has 4 rings (SSSR count). The van der Waals surface area contributed by atoms with Gasteiger partial charge in [-0.3, -0.25) is 4.79 Å². The largest absolute Gasteiger partial charge is 0.290 e. The van der Waals surface area contributed by atoms with Gasteiger partial charge < -0.3 is 0 Å². The molecule has 1 aromatic heterocycles. The second kappa shape index (κ2) is 6.00. The summed E-state index contributed by atoms with van der Waals surface area (Å²) in [5.41, 5.74) is 1.87. The topological polar surface area (TPSA) is 47.8 Å². The van der Waals surface area contributed by atoms with Crippen LogP contribution in [-0.2, 0) is 6.42 Å². The Bertz CT molecular complexity index is 861. The lowest BCUT2D eigenvalue weighted by molar-refractivity contribution is 0.0982. The molecule has 1 aliphatic rings. The number of halogens is 1. The number of Topliss-reactive ketones (excluding diaryl/α,β-unsaturated/α-hetero) is 1. The van der Waals surface area contributed by atoms with Gasteiger partial charge in [-0.2, -0.15) is 0 Å². The predicted molar refractivity (Wildman–Crippen MR) is 87.5 cm³/mol. The SMILES string of the molecule is O=C(Cc1ccccc1)c1nc2n(n1)C(c1ccccc1)CC2F. The number of hydrogen-bond acceptors (Lipinski definition) is 3. The molecular formula is C19H16FN3O. The number of benzene rings is 2. The lowest BCUT2D eigenvalue weighted by Crippen LogP contribution is -2.11. The monoisotopic (exact) mass is 321 g/mol. The van der Waals surface area contributed by atoms with Crippen LogP contribution in [0.5, 0.6) is 0 Å². The van der Waals surface area contributed by atoms with Gasteiger partial charge in [-0.1, -0.05) is 60.7 Å². The van der Waals surface area contributed by atoms with Gasteiger partial charge in [-0.05, 0) is 11.1 Å². The van der Waals surface area contributed by atoms with Gasteiger partial charge >= 0.3 is 0 Å². The molecule has 1 aliphatic heterocycles. The van der Waals surface area contributed by atoms with Gasteiger partial charge in [0.2, 0.25) is 11.6 Å². The molecule has 24 heavy (non-hydrogen) atoms. The third-order valence-electron chi connectivity index (χ3n) is 4.30. The van der Waals surface area contributed by atoms with Crippen molar-refractivity contribution < 1.29 is 9.18 Å². The number of carbonyl (C=O) groups is 1. The first-order valence-electron chi connectivity index (χ1n) is 7.95. The van der Waals surface area contributed by atoms with Crippen molar-refractivity contribution in [2.75, 3.05) is 0 Å². The first kappa shape index (κ1) is 14.8. The Morgan fingerprint density at radius 2 is 1.75 bits per heavy atom. The summed E-state index contributed by atoms with van der Waals surface area (Å²) >= 11 is 0. The van der Waals surface area contributed by atoms with Crippen molar-refractivity contribution in [3.8, 4) is 0 Å². The summed E-state index contributed by atoms with van der Waals surface area (Å²) in [7, 11) is 0. The van der Waals surface area contributed by atoms with Crippen LogP contribution in [0.4, 0.5) is 4.39 Å². The summed E-state index contributed by atoms with van der Waals surface area (Å²) in [5.74, 6) is 0.152. The molecule has 4 nitrogen and oxygen atoms in total. The van der Waals surface area contributed by atoms with E-state index in [-0.39, 0.29) is 29.9 Å². The molecule has 0 amide bonds. The zero-order chi connectivity index (χ0) is 16.5. The molecule has 0 spiro atoms. The zero-order valence-corrected chi connectivity index (χ0v) is 13.0. The van der Waals surface area contributed by atoms with Crippen LogP contribution in [0.3, 0.4) is 0 Å². The van der Waals surface area contributed by atoms with Crippen LogP contribution < -0.4 is 0 Å². The van der Waals surface area contributed by atoms with Crippen molar-refractivity contribution >= 4 is 5.78 Å². The van der Waals surface area contributed by atoms with Gasteiger partial charge in [-0.15, -0.1) is 5.10 Å². The number of carbonyl (C=O) groups excluding carboxylic acids is 1. The summed E-state index contributed by atoms with van der Waals surface area (Å²) in [6, 6.07) is 18.9. The van der Waals surface area contributed by atoms with Crippen molar-refractivity contribution in [3.63, 3.8) is 0 Å². The van der Waals surface area contributed by atoms with E-state index in [1.54, 1.807) is 4.68 Å². The van der Waals surface area contributed by atoms with Crippen LogP contribution in [0.1, 0.15) is 46.2 Å². The van der Waals surface area contributed by atoms with E-state index < -0.39 is 6.17 Å². The van der Waals surface area contributed by atoms with Gasteiger partial charge in [-0.25, -0.2) is 14.1 Å². The molecule has 0 bridgehead atoms. The zero-order valence-electron chi connectivity index (χ0n) is 13.0. The van der Waals surface area contributed by atoms with E-state index in [0.29, 0.717) is 6.42 Å². The third-order valence-corrected chi connectivity index (χ3v) is 4.30. The lowest BCUT2D eigenvalue weighted by atomic mass is 10.0. The summed E-state index contributed by atoms with van der Waals surface area (Å²) < 4.78 is 15.9. The fraction of sp³-hybridized carbons (Fsp3) is 0.211. The number of hydrogen-bond donors (Lipinski definition) is 0. The second-order valence-corrected chi connectivity index (χ2v) is 5.95. The van der Waals surface area contributed by atoms with Crippen molar-refractivity contribution in [1.29, 1.82) is 0 Å². The summed E-state index contributed by atoms with van der Waals surface area (Å²) in [4.78, 5) is 16.6. The number of aromatic nitrogens is 3. The van der Waals surface area contributed by atoms with E-state index >= 15 is 0 Å². The number of rotatable bonds is 4. The van der Waals surface area contributed by atoms with Crippen LogP contribution in [-0.4, -0.2) is 20.5 Å². The maximum Gasteiger partial charge on any atom is 0.218 e. The first-order valence-corrected chi connectivity index (χ1v) is 7.95. The lowest BCUT2D eigenvalue weighted by Gasteiger charge is -2.11. The van der Waals surface area contributed by atoms with Crippen molar-refractivity contribution in [3.05, 3.63) is 83.4 Å². The van der Waals surface area contributed by atoms with Crippen molar-refractivity contribution in [2.24, 2.45) is 0 Å². The molecule has 0 radical (unpaired) electrons. The molecule has 120 valence electrons. The third kappa shape index (κ3) is 2.62. The maximum absolute atomic E-state index is 14.3. The molecule has 3 aromatic rings. The molecule has 0 saturated carbocycles. The quantitative estimate of drug-likeness (QED) is 0.688. The van der Waals surface area contributed by atoms with E-state index in [9.17, 15) is 9.18 Å². The maximum atomic E-state index is 14.3. The van der Waals surface area contributed by atoms with Gasteiger partial charge in [0, 0.05) is 12.8 Å². The predicted octanol–water partition coefficient (Wildman–Crippen LogP) is 3.71. The highest BCUT2D eigenvalue weighted by Gasteiger charge is 2.36. The fourth-order valence-corrected chi connectivity index (χ4v) is 3.11. The number of nitrogens with zero attached hydrogens (tertiary/aromatic N) is 3. The Hall–Kier alpha value is -2.82. The average Bonchev–Trinajstić information content (AvgIpc) is 3.18. The van der Waals surface area contributed by atoms with E-state index in [2.05, 4.69) is 10.1 Å². The van der Waals surface area contributed by atoms with Gasteiger partial charge in [0.25, 0.3) is 0 Å². The summed E-state index contributed by atoms with van der Waals surface area (Å²) in [6.45, 7) is 0. The van der Waals surface area contributed by atoms with Crippen LogP contribution in [0.15, 0.2) is 60.7 Å². The minimum absolute atomic E-state index is 0.0946. The highest BCUT2D eigenvalue weighted by molar-refractivity contribution is 5.94. The molecule has 2 atom stereocenters. The fourth-order valence-electron chi connectivity index (χ4n) is 3.11. The highest BCUT2D eigenvalue weighted by Crippen LogP contribution is 2.39.